The first kappa shape index (κ1) is 21.9. The highest BCUT2D eigenvalue weighted by atomic mass is 16.5. The lowest BCUT2D eigenvalue weighted by atomic mass is 9.97. The number of pyridine rings is 2. The van der Waals surface area contributed by atoms with Gasteiger partial charge in [0, 0.05) is 35.9 Å². The minimum absolute atomic E-state index is 0.165. The Morgan fingerprint density at radius 3 is 1.87 bits per heavy atom. The van der Waals surface area contributed by atoms with E-state index in [4.69, 9.17) is 4.74 Å². The van der Waals surface area contributed by atoms with Crippen LogP contribution in [0.2, 0.25) is 0 Å². The average molecular weight is 415 g/mol. The molecule has 3 aromatic rings. The molecular weight excluding hydrogens is 390 g/mol. The van der Waals surface area contributed by atoms with E-state index in [0.29, 0.717) is 17.5 Å². The Bertz CT molecular complexity index is 993. The maximum atomic E-state index is 12.0. The number of carbonyl (C=O) groups is 1. The van der Waals surface area contributed by atoms with Crippen LogP contribution in [-0.4, -0.2) is 41.2 Å². The van der Waals surface area contributed by atoms with Gasteiger partial charge in [0.1, 0.15) is 11.8 Å². The van der Waals surface area contributed by atoms with Crippen LogP contribution in [0.15, 0.2) is 61.2 Å². The van der Waals surface area contributed by atoms with Crippen LogP contribution in [-0.2, 0) is 16.0 Å². The standard InChI is InChI=1S/C25H25N3O3/c1-26-23(25(30)31-2)17-20-15-21(5-3-18-7-11-27-12-8-18)24(29)22(16-20)6-4-19-9-13-28-14-10-19/h3-16,23,26,29H,17H2,1-2H3/b5-3+,6-4+/t23-/m0/s1. The third-order valence-corrected chi connectivity index (χ3v) is 4.83. The fourth-order valence-electron chi connectivity index (χ4n) is 3.12. The van der Waals surface area contributed by atoms with E-state index in [1.165, 1.54) is 7.11 Å². The smallest absolute Gasteiger partial charge is 0.323 e. The van der Waals surface area contributed by atoms with Crippen molar-refractivity contribution in [3.8, 4) is 5.75 Å². The van der Waals surface area contributed by atoms with Crippen LogP contribution in [0.25, 0.3) is 24.3 Å². The number of likely N-dealkylation sites (N-methyl/N-ethyl adjacent to an activating group) is 1. The molecule has 158 valence electrons. The van der Waals surface area contributed by atoms with Gasteiger partial charge in [0.2, 0.25) is 0 Å². The number of aromatic nitrogens is 2. The predicted octanol–water partition coefficient (Wildman–Crippen LogP) is 3.83. The average Bonchev–Trinajstić information content (AvgIpc) is 2.82. The van der Waals surface area contributed by atoms with Gasteiger partial charge in [-0.15, -0.1) is 0 Å². The summed E-state index contributed by atoms with van der Waals surface area (Å²) in [6, 6.07) is 10.8. The highest BCUT2D eigenvalue weighted by Gasteiger charge is 2.18. The first-order chi connectivity index (χ1) is 15.1. The predicted molar refractivity (Wildman–Crippen MR) is 123 cm³/mol. The van der Waals surface area contributed by atoms with Gasteiger partial charge in [0.15, 0.2) is 0 Å². The minimum Gasteiger partial charge on any atom is -0.507 e. The number of aromatic hydroxyl groups is 1. The highest BCUT2D eigenvalue weighted by Crippen LogP contribution is 2.29. The minimum atomic E-state index is -0.483. The maximum Gasteiger partial charge on any atom is 0.323 e. The van der Waals surface area contributed by atoms with E-state index in [0.717, 1.165) is 16.7 Å². The number of esters is 1. The lowest BCUT2D eigenvalue weighted by Gasteiger charge is -2.15. The number of phenolic OH excluding ortho intramolecular Hbond substituents is 1. The monoisotopic (exact) mass is 415 g/mol. The zero-order valence-electron chi connectivity index (χ0n) is 17.5. The molecule has 1 aromatic carbocycles. The van der Waals surface area contributed by atoms with Crippen LogP contribution in [0.4, 0.5) is 0 Å². The van der Waals surface area contributed by atoms with Crippen LogP contribution in [0.5, 0.6) is 5.75 Å². The fourth-order valence-corrected chi connectivity index (χ4v) is 3.12. The van der Waals surface area contributed by atoms with Gasteiger partial charge in [-0.2, -0.15) is 0 Å². The number of ether oxygens (including phenoxy) is 1. The molecule has 6 nitrogen and oxygen atoms in total. The van der Waals surface area contributed by atoms with Gasteiger partial charge in [-0.25, -0.2) is 0 Å². The molecule has 2 aromatic heterocycles. The first-order valence-electron chi connectivity index (χ1n) is 9.88. The molecule has 0 saturated heterocycles. The van der Waals surface area contributed by atoms with E-state index in [9.17, 15) is 9.90 Å². The summed E-state index contributed by atoms with van der Waals surface area (Å²) in [7, 11) is 3.09. The van der Waals surface area contributed by atoms with Gasteiger partial charge in [-0.1, -0.05) is 24.3 Å². The second-order valence-electron chi connectivity index (χ2n) is 6.92. The molecule has 1 atom stereocenters. The number of hydrogen-bond acceptors (Lipinski definition) is 6. The summed E-state index contributed by atoms with van der Waals surface area (Å²) in [4.78, 5) is 20.1. The van der Waals surface area contributed by atoms with Crippen LogP contribution in [0, 0.1) is 0 Å². The molecule has 0 radical (unpaired) electrons. The molecule has 31 heavy (non-hydrogen) atoms. The van der Waals surface area contributed by atoms with Crippen molar-refractivity contribution < 1.29 is 14.6 Å². The molecule has 2 heterocycles. The van der Waals surface area contributed by atoms with Gasteiger partial charge in [-0.3, -0.25) is 14.8 Å². The molecule has 2 N–H and O–H groups in total. The molecule has 0 aliphatic carbocycles. The van der Waals surface area contributed by atoms with Gasteiger partial charge in [0.05, 0.1) is 7.11 Å². The Kier molecular flexibility index (Phi) is 7.67. The van der Waals surface area contributed by atoms with Crippen molar-refractivity contribution in [2.24, 2.45) is 0 Å². The molecule has 0 aliphatic rings. The SMILES string of the molecule is CN[C@@H](Cc1cc(/C=C/c2ccncc2)c(O)c(/C=C/c2ccncc2)c1)C(=O)OC. The maximum absolute atomic E-state index is 12.0. The van der Waals surface area contributed by atoms with E-state index < -0.39 is 6.04 Å². The number of nitrogens with zero attached hydrogens (tertiary/aromatic N) is 2. The summed E-state index contributed by atoms with van der Waals surface area (Å²) in [5.74, 6) is -0.170. The second-order valence-corrected chi connectivity index (χ2v) is 6.92. The van der Waals surface area contributed by atoms with Crippen LogP contribution in [0.1, 0.15) is 27.8 Å². The second kappa shape index (κ2) is 10.8. The molecule has 0 bridgehead atoms. The Morgan fingerprint density at radius 1 is 0.968 bits per heavy atom. The first-order valence-corrected chi connectivity index (χ1v) is 9.88. The zero-order valence-corrected chi connectivity index (χ0v) is 17.5. The van der Waals surface area contributed by atoms with Crippen LogP contribution < -0.4 is 5.32 Å². The van der Waals surface area contributed by atoms with E-state index in [1.54, 1.807) is 31.8 Å². The summed E-state index contributed by atoms with van der Waals surface area (Å²) in [5, 5.41) is 13.9. The molecule has 0 amide bonds. The molecule has 0 aliphatic heterocycles. The summed E-state index contributed by atoms with van der Waals surface area (Å²) in [5.41, 5.74) is 4.14. The lowest BCUT2D eigenvalue weighted by Crippen LogP contribution is -2.36. The number of rotatable bonds is 8. The highest BCUT2D eigenvalue weighted by molar-refractivity contribution is 5.80. The van der Waals surface area contributed by atoms with Gasteiger partial charge < -0.3 is 15.2 Å². The quantitative estimate of drug-likeness (QED) is 0.544. The van der Waals surface area contributed by atoms with Crippen molar-refractivity contribution in [3.63, 3.8) is 0 Å². The van der Waals surface area contributed by atoms with Crippen molar-refractivity contribution in [3.05, 3.63) is 89.0 Å². The van der Waals surface area contributed by atoms with Crippen LogP contribution >= 0.6 is 0 Å². The molecule has 0 fully saturated rings. The summed E-state index contributed by atoms with van der Waals surface area (Å²) in [6.45, 7) is 0. The van der Waals surface area contributed by atoms with Gasteiger partial charge >= 0.3 is 5.97 Å². The molecule has 0 spiro atoms. The van der Waals surface area contributed by atoms with Crippen molar-refractivity contribution in [2.75, 3.05) is 14.2 Å². The Labute approximate surface area is 182 Å². The number of carbonyl (C=O) groups excluding carboxylic acids is 1. The summed E-state index contributed by atoms with van der Waals surface area (Å²) >= 11 is 0. The molecule has 3 rings (SSSR count). The Hall–Kier alpha value is -3.77. The molecule has 6 heteroatoms. The Balaban J connectivity index is 1.98. The third kappa shape index (κ3) is 6.10. The zero-order chi connectivity index (χ0) is 22.1. The molecule has 0 unspecified atom stereocenters. The number of nitrogens with one attached hydrogen (secondary N) is 1. The fraction of sp³-hybridized carbons (Fsp3) is 0.160. The van der Waals surface area contributed by atoms with E-state index >= 15 is 0 Å². The van der Waals surface area contributed by atoms with E-state index in [1.807, 2.05) is 60.7 Å². The van der Waals surface area contributed by atoms with E-state index in [2.05, 4.69) is 15.3 Å². The number of hydrogen-bond donors (Lipinski definition) is 2. The largest absolute Gasteiger partial charge is 0.507 e. The van der Waals surface area contributed by atoms with Crippen molar-refractivity contribution in [1.29, 1.82) is 0 Å². The normalized spacial score (nSPS) is 12.3. The molecule has 0 saturated carbocycles. The number of methoxy groups -OCH3 is 1. The number of phenols is 1. The summed E-state index contributed by atoms with van der Waals surface area (Å²) < 4.78 is 4.88. The third-order valence-electron chi connectivity index (χ3n) is 4.83. The van der Waals surface area contributed by atoms with Gasteiger partial charge in [-0.05, 0) is 66.6 Å². The number of benzene rings is 1. The lowest BCUT2D eigenvalue weighted by molar-refractivity contribution is -0.142. The molecular formula is C25H25N3O3. The Morgan fingerprint density at radius 2 is 1.45 bits per heavy atom. The van der Waals surface area contributed by atoms with Crippen LogP contribution in [0.3, 0.4) is 0 Å². The van der Waals surface area contributed by atoms with Gasteiger partial charge in [0.25, 0.3) is 0 Å². The van der Waals surface area contributed by atoms with E-state index in [-0.39, 0.29) is 11.7 Å². The van der Waals surface area contributed by atoms with Crippen molar-refractivity contribution in [1.82, 2.24) is 15.3 Å². The van der Waals surface area contributed by atoms with Crippen molar-refractivity contribution >= 4 is 30.3 Å². The topological polar surface area (TPSA) is 84.3 Å². The van der Waals surface area contributed by atoms with Crippen molar-refractivity contribution in [2.45, 2.75) is 12.5 Å². The summed E-state index contributed by atoms with van der Waals surface area (Å²) in [6.07, 6.45) is 14.8.